The van der Waals surface area contributed by atoms with E-state index in [4.69, 9.17) is 5.11 Å². The Morgan fingerprint density at radius 2 is 2.40 bits per heavy atom. The number of rotatable bonds is 2. The molecule has 1 aliphatic carbocycles. The van der Waals surface area contributed by atoms with Crippen LogP contribution in [-0.2, 0) is 0 Å². The van der Waals surface area contributed by atoms with Gasteiger partial charge in [0.15, 0.2) is 0 Å². The highest BCUT2D eigenvalue weighted by Crippen LogP contribution is 2.22. The maximum atomic E-state index is 9.08. The molecule has 0 amide bonds. The summed E-state index contributed by atoms with van der Waals surface area (Å²) in [7, 11) is 0. The highest BCUT2D eigenvalue weighted by Gasteiger charge is 2.11. The van der Waals surface area contributed by atoms with E-state index in [0.29, 0.717) is 0 Å². The van der Waals surface area contributed by atoms with Gasteiger partial charge in [0.05, 0.1) is 6.10 Å². The SMILES string of the molecule is C[C@@H](O)CC1CC=CCC1. The molecule has 1 rings (SSSR count). The second-order valence-corrected chi connectivity index (χ2v) is 3.24. The molecule has 0 heterocycles. The summed E-state index contributed by atoms with van der Waals surface area (Å²) in [5.41, 5.74) is 0. The Morgan fingerprint density at radius 3 is 2.90 bits per heavy atom. The van der Waals surface area contributed by atoms with Gasteiger partial charge in [-0.25, -0.2) is 0 Å². The first-order chi connectivity index (χ1) is 4.79. The molecule has 1 N–H and O–H groups in total. The van der Waals surface area contributed by atoms with E-state index in [0.717, 1.165) is 12.3 Å². The summed E-state index contributed by atoms with van der Waals surface area (Å²) >= 11 is 0. The lowest BCUT2D eigenvalue weighted by Crippen LogP contribution is -2.10. The van der Waals surface area contributed by atoms with E-state index in [1.807, 2.05) is 6.92 Å². The van der Waals surface area contributed by atoms with Gasteiger partial charge in [0.2, 0.25) is 0 Å². The Morgan fingerprint density at radius 1 is 1.60 bits per heavy atom. The quantitative estimate of drug-likeness (QED) is 0.582. The van der Waals surface area contributed by atoms with E-state index in [9.17, 15) is 0 Å². The van der Waals surface area contributed by atoms with Crippen LogP contribution >= 0.6 is 0 Å². The van der Waals surface area contributed by atoms with Crippen LogP contribution in [0.15, 0.2) is 12.2 Å². The summed E-state index contributed by atoms with van der Waals surface area (Å²) in [5, 5.41) is 9.08. The lowest BCUT2D eigenvalue weighted by atomic mass is 9.90. The Balaban J connectivity index is 2.22. The summed E-state index contributed by atoms with van der Waals surface area (Å²) in [5.74, 6) is 0.741. The average molecular weight is 140 g/mol. The molecule has 0 aliphatic heterocycles. The summed E-state index contributed by atoms with van der Waals surface area (Å²) < 4.78 is 0. The fraction of sp³-hybridized carbons (Fsp3) is 0.778. The fourth-order valence-corrected chi connectivity index (χ4v) is 1.55. The molecule has 0 saturated carbocycles. The van der Waals surface area contributed by atoms with Crippen LogP contribution in [0.25, 0.3) is 0 Å². The Labute approximate surface area is 62.8 Å². The molecular formula is C9H16O. The van der Waals surface area contributed by atoms with Gasteiger partial charge < -0.3 is 5.11 Å². The number of allylic oxidation sites excluding steroid dienone is 2. The van der Waals surface area contributed by atoms with Gasteiger partial charge in [-0.1, -0.05) is 12.2 Å². The van der Waals surface area contributed by atoms with Crippen molar-refractivity contribution in [2.75, 3.05) is 0 Å². The van der Waals surface area contributed by atoms with Crippen molar-refractivity contribution in [1.29, 1.82) is 0 Å². The first-order valence-electron chi connectivity index (χ1n) is 4.12. The lowest BCUT2D eigenvalue weighted by molar-refractivity contribution is 0.157. The minimum Gasteiger partial charge on any atom is -0.393 e. The van der Waals surface area contributed by atoms with Crippen LogP contribution in [-0.4, -0.2) is 11.2 Å². The molecule has 2 atom stereocenters. The third-order valence-corrected chi connectivity index (χ3v) is 2.05. The van der Waals surface area contributed by atoms with Crippen LogP contribution in [0.3, 0.4) is 0 Å². The molecule has 0 spiro atoms. The molecule has 0 radical (unpaired) electrons. The van der Waals surface area contributed by atoms with Crippen molar-refractivity contribution in [3.63, 3.8) is 0 Å². The van der Waals surface area contributed by atoms with E-state index in [1.54, 1.807) is 0 Å². The van der Waals surface area contributed by atoms with E-state index >= 15 is 0 Å². The van der Waals surface area contributed by atoms with Gasteiger partial charge in [-0.15, -0.1) is 0 Å². The van der Waals surface area contributed by atoms with Crippen molar-refractivity contribution in [3.8, 4) is 0 Å². The summed E-state index contributed by atoms with van der Waals surface area (Å²) in [6.07, 6.45) is 8.97. The normalized spacial score (nSPS) is 28.4. The zero-order chi connectivity index (χ0) is 7.40. The van der Waals surface area contributed by atoms with E-state index in [-0.39, 0.29) is 6.10 Å². The van der Waals surface area contributed by atoms with Gasteiger partial charge in [-0.3, -0.25) is 0 Å². The summed E-state index contributed by atoms with van der Waals surface area (Å²) in [6, 6.07) is 0. The van der Waals surface area contributed by atoms with E-state index in [1.165, 1.54) is 19.3 Å². The molecule has 0 fully saturated rings. The van der Waals surface area contributed by atoms with Gasteiger partial charge in [0.1, 0.15) is 0 Å². The van der Waals surface area contributed by atoms with Crippen LogP contribution in [0.5, 0.6) is 0 Å². The Kier molecular flexibility index (Phi) is 2.94. The molecule has 10 heavy (non-hydrogen) atoms. The van der Waals surface area contributed by atoms with Crippen molar-refractivity contribution in [2.45, 2.75) is 38.7 Å². The molecule has 1 nitrogen and oxygen atoms in total. The number of hydrogen-bond acceptors (Lipinski definition) is 1. The van der Waals surface area contributed by atoms with Crippen LogP contribution in [0.2, 0.25) is 0 Å². The first kappa shape index (κ1) is 7.80. The average Bonchev–Trinajstić information content (AvgIpc) is 1.88. The predicted molar refractivity (Wildman–Crippen MR) is 42.8 cm³/mol. The third kappa shape index (κ3) is 2.53. The van der Waals surface area contributed by atoms with Gasteiger partial charge in [0.25, 0.3) is 0 Å². The van der Waals surface area contributed by atoms with Crippen molar-refractivity contribution < 1.29 is 5.11 Å². The maximum absolute atomic E-state index is 9.08. The summed E-state index contributed by atoms with van der Waals surface area (Å²) in [6.45, 7) is 1.87. The molecule has 0 aromatic heterocycles. The molecule has 0 bridgehead atoms. The van der Waals surface area contributed by atoms with Crippen LogP contribution in [0, 0.1) is 5.92 Å². The van der Waals surface area contributed by atoms with Crippen molar-refractivity contribution in [3.05, 3.63) is 12.2 Å². The van der Waals surface area contributed by atoms with Gasteiger partial charge in [-0.05, 0) is 38.5 Å². The number of aliphatic hydroxyl groups is 1. The van der Waals surface area contributed by atoms with E-state index < -0.39 is 0 Å². The molecule has 0 saturated heterocycles. The fourth-order valence-electron chi connectivity index (χ4n) is 1.55. The highest BCUT2D eigenvalue weighted by atomic mass is 16.3. The maximum Gasteiger partial charge on any atom is 0.0514 e. The highest BCUT2D eigenvalue weighted by molar-refractivity contribution is 4.90. The minimum absolute atomic E-state index is 0.114. The number of hydrogen-bond donors (Lipinski definition) is 1. The third-order valence-electron chi connectivity index (χ3n) is 2.05. The molecule has 1 aliphatic rings. The Hall–Kier alpha value is -0.300. The smallest absolute Gasteiger partial charge is 0.0514 e. The molecule has 1 heteroatoms. The summed E-state index contributed by atoms with van der Waals surface area (Å²) in [4.78, 5) is 0. The molecular weight excluding hydrogens is 124 g/mol. The van der Waals surface area contributed by atoms with Crippen molar-refractivity contribution >= 4 is 0 Å². The van der Waals surface area contributed by atoms with Gasteiger partial charge in [-0.2, -0.15) is 0 Å². The topological polar surface area (TPSA) is 20.2 Å². The largest absolute Gasteiger partial charge is 0.393 e. The first-order valence-corrected chi connectivity index (χ1v) is 4.12. The van der Waals surface area contributed by atoms with Gasteiger partial charge in [0, 0.05) is 0 Å². The lowest BCUT2D eigenvalue weighted by Gasteiger charge is -2.18. The van der Waals surface area contributed by atoms with E-state index in [2.05, 4.69) is 12.2 Å². The molecule has 0 aromatic carbocycles. The monoisotopic (exact) mass is 140 g/mol. The van der Waals surface area contributed by atoms with Crippen LogP contribution in [0.4, 0.5) is 0 Å². The predicted octanol–water partition coefficient (Wildman–Crippen LogP) is 2.11. The van der Waals surface area contributed by atoms with Crippen molar-refractivity contribution in [2.24, 2.45) is 5.92 Å². The second kappa shape index (κ2) is 3.77. The molecule has 1 unspecified atom stereocenters. The van der Waals surface area contributed by atoms with Crippen LogP contribution in [0.1, 0.15) is 32.6 Å². The van der Waals surface area contributed by atoms with Gasteiger partial charge >= 0.3 is 0 Å². The zero-order valence-electron chi connectivity index (χ0n) is 6.59. The molecule has 0 aromatic rings. The zero-order valence-corrected chi connectivity index (χ0v) is 6.59. The molecule has 58 valence electrons. The van der Waals surface area contributed by atoms with Crippen LogP contribution < -0.4 is 0 Å². The Bertz CT molecular complexity index is 116. The minimum atomic E-state index is -0.114. The standard InChI is InChI=1S/C9H16O/c1-8(10)7-9-5-3-2-4-6-9/h2-3,8-10H,4-7H2,1H3/t8-,9?/m1/s1. The number of aliphatic hydroxyl groups excluding tert-OH is 1. The second-order valence-electron chi connectivity index (χ2n) is 3.24. The van der Waals surface area contributed by atoms with Crippen molar-refractivity contribution in [1.82, 2.24) is 0 Å².